The molecule has 0 aliphatic rings. The third-order valence-electron chi connectivity index (χ3n) is 8.59. The maximum Gasteiger partial charge on any atom is 1.00 e. The van der Waals surface area contributed by atoms with E-state index in [0.717, 1.165) is 0 Å². The quantitative estimate of drug-likeness (QED) is 0.123. The van der Waals surface area contributed by atoms with Gasteiger partial charge >= 0.3 is 71.2 Å². The molecule has 12 nitrogen and oxygen atoms in total. The van der Waals surface area contributed by atoms with Gasteiger partial charge in [-0.2, -0.15) is 79.0 Å². The molecule has 0 aromatic carbocycles. The first-order valence-electron chi connectivity index (χ1n) is 16.8. The van der Waals surface area contributed by atoms with Gasteiger partial charge in [-0.15, -0.1) is 0 Å². The van der Waals surface area contributed by atoms with E-state index in [4.69, 9.17) is 0 Å². The van der Waals surface area contributed by atoms with Crippen LogP contribution in [0.3, 0.4) is 0 Å². The van der Waals surface area contributed by atoms with Gasteiger partial charge in [-0.3, -0.25) is 0 Å². The molecular formula is C30H24B2Cu2F18N12. The monoisotopic (exact) mass is 1040 g/mol. The summed E-state index contributed by atoms with van der Waals surface area (Å²) in [5.41, 5.74) is -9.41. The van der Waals surface area contributed by atoms with Crippen molar-refractivity contribution in [3.8, 4) is 0 Å². The number of aryl methyl sites for hydroxylation is 6. The first kappa shape index (κ1) is 53.5. The SMILES string of the molecule is Cc1cc(C(F)(F)F)nn1[B-](n1nc(C(F)(F)F)cc1C)n1nc(C(F)(F)F)cc1C.Cc1cc(C(F)(F)F)nn1[B-](n1nc(C(F)(F)F)cc1C)n1nc(C(F)(F)F)cc1C.[Cu+].[Cu+]. The first-order chi connectivity index (χ1) is 28.0. The predicted molar refractivity (Wildman–Crippen MR) is 176 cm³/mol. The Morgan fingerprint density at radius 1 is 0.281 bits per heavy atom. The molecule has 6 aromatic heterocycles. The average molecular weight is 1040 g/mol. The summed E-state index contributed by atoms with van der Waals surface area (Å²) in [5, 5.41) is 20.2. The third-order valence-corrected chi connectivity index (χ3v) is 8.59. The molecular weight excluding hydrogens is 1020 g/mol. The third kappa shape index (κ3) is 11.2. The molecule has 0 N–H and O–H groups in total. The molecule has 6 rings (SSSR count). The van der Waals surface area contributed by atoms with Gasteiger partial charge in [0.2, 0.25) is 0 Å². The Labute approximate surface area is 368 Å². The Kier molecular flexibility index (Phi) is 14.9. The Bertz CT molecular complexity index is 2110. The van der Waals surface area contributed by atoms with E-state index in [0.29, 0.717) is 64.0 Å². The van der Waals surface area contributed by atoms with Crippen molar-refractivity contribution >= 4 is 14.2 Å². The Morgan fingerprint density at radius 2 is 0.391 bits per heavy atom. The van der Waals surface area contributed by atoms with Gasteiger partial charge in [0.25, 0.3) is 14.2 Å². The maximum atomic E-state index is 13.1. The van der Waals surface area contributed by atoms with Crippen LogP contribution >= 0.6 is 0 Å². The minimum atomic E-state index is -4.90. The molecule has 0 unspecified atom stereocenters. The molecule has 64 heavy (non-hydrogen) atoms. The number of rotatable bonds is 6. The zero-order chi connectivity index (χ0) is 47.0. The van der Waals surface area contributed by atoms with E-state index < -0.39 is 85.5 Å². The van der Waals surface area contributed by atoms with Crippen LogP contribution in [0.5, 0.6) is 0 Å². The predicted octanol–water partition coefficient (Wildman–Crippen LogP) is 8.37. The number of hydrogen-bond acceptors (Lipinski definition) is 6. The van der Waals surface area contributed by atoms with Gasteiger partial charge in [0.05, 0.1) is 0 Å². The molecule has 358 valence electrons. The van der Waals surface area contributed by atoms with Gasteiger partial charge < -0.3 is 27.6 Å². The summed E-state index contributed by atoms with van der Waals surface area (Å²) >= 11 is 0. The van der Waals surface area contributed by atoms with Gasteiger partial charge in [0, 0.05) is 0 Å². The number of hydrogen-bond donors (Lipinski definition) is 0. The van der Waals surface area contributed by atoms with Crippen molar-refractivity contribution in [1.82, 2.24) is 58.1 Å². The molecule has 0 aliphatic carbocycles. The molecule has 0 aliphatic heterocycles. The van der Waals surface area contributed by atoms with E-state index in [1.165, 1.54) is 41.5 Å². The second kappa shape index (κ2) is 17.9. The number of alkyl halides is 18. The summed E-state index contributed by atoms with van der Waals surface area (Å²) < 4.78 is 240. The Morgan fingerprint density at radius 3 is 0.469 bits per heavy atom. The Balaban J connectivity index is 0.000000330. The largest absolute Gasteiger partial charge is 1.00 e. The molecule has 0 fully saturated rings. The van der Waals surface area contributed by atoms with Crippen molar-refractivity contribution in [3.05, 3.63) is 105 Å². The molecule has 6 heterocycles. The fourth-order valence-electron chi connectivity index (χ4n) is 5.78. The fourth-order valence-corrected chi connectivity index (χ4v) is 5.78. The van der Waals surface area contributed by atoms with E-state index in [1.54, 1.807) is 0 Å². The van der Waals surface area contributed by atoms with E-state index in [1.807, 2.05) is 0 Å². The van der Waals surface area contributed by atoms with Crippen LogP contribution in [-0.2, 0) is 71.2 Å². The Hall–Kier alpha value is -4.83. The summed E-state index contributed by atoms with van der Waals surface area (Å²) in [6.45, 7) is 7.01. The van der Waals surface area contributed by atoms with Crippen molar-refractivity contribution in [1.29, 1.82) is 0 Å². The van der Waals surface area contributed by atoms with Gasteiger partial charge in [-0.25, -0.2) is 30.6 Å². The summed E-state index contributed by atoms with van der Waals surface area (Å²) in [5.74, 6) is 0. The van der Waals surface area contributed by atoms with Crippen LogP contribution in [0.1, 0.15) is 68.3 Å². The molecule has 2 radical (unpaired) electrons. The molecule has 0 bridgehead atoms. The number of aromatic nitrogens is 12. The summed E-state index contributed by atoms with van der Waals surface area (Å²) in [7, 11) is -3.60. The topological polar surface area (TPSA) is 107 Å². The van der Waals surface area contributed by atoms with E-state index in [9.17, 15) is 79.0 Å². The second-order valence-corrected chi connectivity index (χ2v) is 13.4. The van der Waals surface area contributed by atoms with E-state index in [2.05, 4.69) is 30.6 Å². The minimum Gasteiger partial charge on any atom is -0.422 e. The van der Waals surface area contributed by atoms with E-state index in [-0.39, 0.29) is 68.3 Å². The van der Waals surface area contributed by atoms with Crippen molar-refractivity contribution in [2.45, 2.75) is 78.6 Å². The zero-order valence-corrected chi connectivity index (χ0v) is 34.3. The minimum absolute atomic E-state index is 0. The number of nitrogens with zero attached hydrogens (tertiary/aromatic N) is 12. The van der Waals surface area contributed by atoms with Gasteiger partial charge in [-0.1, -0.05) is 0 Å². The molecule has 0 atom stereocenters. The fraction of sp³-hybridized carbons (Fsp3) is 0.400. The molecule has 0 spiro atoms. The van der Waals surface area contributed by atoms with Crippen LogP contribution in [0.2, 0.25) is 0 Å². The van der Waals surface area contributed by atoms with Crippen LogP contribution in [-0.4, -0.2) is 72.4 Å². The van der Waals surface area contributed by atoms with Crippen LogP contribution < -0.4 is 0 Å². The van der Waals surface area contributed by atoms with Crippen LogP contribution in [0.15, 0.2) is 36.4 Å². The molecule has 0 saturated heterocycles. The molecule has 0 amide bonds. The van der Waals surface area contributed by atoms with Crippen LogP contribution in [0.4, 0.5) is 79.0 Å². The molecule has 6 aromatic rings. The van der Waals surface area contributed by atoms with Crippen molar-refractivity contribution < 1.29 is 113 Å². The van der Waals surface area contributed by atoms with Gasteiger partial charge in [0.15, 0.2) is 34.2 Å². The van der Waals surface area contributed by atoms with E-state index >= 15 is 0 Å². The van der Waals surface area contributed by atoms with Crippen molar-refractivity contribution in [3.63, 3.8) is 0 Å². The smallest absolute Gasteiger partial charge is 0.422 e. The maximum absolute atomic E-state index is 13.1. The van der Waals surface area contributed by atoms with Crippen LogP contribution in [0.25, 0.3) is 0 Å². The average Bonchev–Trinajstić information content (AvgIpc) is 3.94. The number of halogens is 18. The zero-order valence-electron chi connectivity index (χ0n) is 32.4. The first-order valence-corrected chi connectivity index (χ1v) is 16.8. The van der Waals surface area contributed by atoms with Gasteiger partial charge in [-0.05, 0) is 112 Å². The summed E-state index contributed by atoms with van der Waals surface area (Å²) in [4.78, 5) is 0. The standard InChI is InChI=1S/2C15H12BF9N6.2Cu/c2*1-7-4-10(13(17,18)19)26-29(7)16(30-8(2)5-11(27-30)14(20,21)22)31-9(3)6-12(28-31)15(23,24)25;;/h2*4-6H,1-3H3;;/q2*-1;2*+1. The second-order valence-electron chi connectivity index (χ2n) is 13.4. The van der Waals surface area contributed by atoms with Crippen LogP contribution in [0, 0.1) is 41.5 Å². The van der Waals surface area contributed by atoms with Crippen molar-refractivity contribution in [2.75, 3.05) is 0 Å². The van der Waals surface area contributed by atoms with Crippen molar-refractivity contribution in [2.24, 2.45) is 0 Å². The molecule has 0 saturated carbocycles. The summed E-state index contributed by atoms with van der Waals surface area (Å²) in [6, 6.07) is 3.67. The normalized spacial score (nSPS) is 13.0. The summed E-state index contributed by atoms with van der Waals surface area (Å²) in [6.07, 6.45) is -29.4. The molecule has 34 heteroatoms. The van der Waals surface area contributed by atoms with Gasteiger partial charge in [0.1, 0.15) is 0 Å².